The molecule has 166 valence electrons. The third-order valence-corrected chi connectivity index (χ3v) is 4.99. The standard InChI is InChI=1S/C18H14ClF5N4O3/c19-13-9(20)5-8(6-10(13)21)12-14(11-3-1-2-4-30-11)27-28-15(12)25-16(26-17(28)29)31-7-18(22,23)24/h5-6,11H,1-4,7H2,(H,25,26,29). The van der Waals surface area contributed by atoms with Gasteiger partial charge >= 0.3 is 11.9 Å². The van der Waals surface area contributed by atoms with E-state index in [4.69, 9.17) is 16.3 Å². The minimum Gasteiger partial charge on any atom is -0.455 e. The van der Waals surface area contributed by atoms with Crippen LogP contribution in [0.5, 0.6) is 6.01 Å². The number of fused-ring (bicyclic) bond motifs is 1. The number of aromatic nitrogens is 4. The number of benzene rings is 1. The molecule has 0 bridgehead atoms. The summed E-state index contributed by atoms with van der Waals surface area (Å²) >= 11 is 5.56. The Morgan fingerprint density at radius 3 is 2.58 bits per heavy atom. The molecule has 1 aromatic carbocycles. The lowest BCUT2D eigenvalue weighted by atomic mass is 9.98. The van der Waals surface area contributed by atoms with Gasteiger partial charge in [-0.25, -0.2) is 13.6 Å². The molecule has 31 heavy (non-hydrogen) atoms. The van der Waals surface area contributed by atoms with Gasteiger partial charge in [0.2, 0.25) is 0 Å². The highest BCUT2D eigenvalue weighted by atomic mass is 35.5. The number of halogens is 6. The van der Waals surface area contributed by atoms with E-state index in [1.54, 1.807) is 0 Å². The lowest BCUT2D eigenvalue weighted by molar-refractivity contribution is -0.154. The monoisotopic (exact) mass is 464 g/mol. The Balaban J connectivity index is 1.93. The average Bonchev–Trinajstić information content (AvgIpc) is 3.10. The average molecular weight is 465 g/mol. The summed E-state index contributed by atoms with van der Waals surface area (Å²) in [5, 5.41) is 3.45. The number of hydrogen-bond acceptors (Lipinski definition) is 5. The van der Waals surface area contributed by atoms with Crippen LogP contribution in [0.2, 0.25) is 5.02 Å². The van der Waals surface area contributed by atoms with Crippen LogP contribution in [0.15, 0.2) is 16.9 Å². The first-order chi connectivity index (χ1) is 14.6. The van der Waals surface area contributed by atoms with Crippen molar-refractivity contribution in [3.05, 3.63) is 45.0 Å². The molecule has 1 atom stereocenters. The van der Waals surface area contributed by atoms with Crippen LogP contribution >= 0.6 is 11.6 Å². The molecule has 7 nitrogen and oxygen atoms in total. The Bertz CT molecular complexity index is 1160. The van der Waals surface area contributed by atoms with Crippen molar-refractivity contribution in [1.29, 1.82) is 0 Å². The second-order valence-corrected chi connectivity index (χ2v) is 7.23. The van der Waals surface area contributed by atoms with Crippen LogP contribution in [-0.4, -0.2) is 39.0 Å². The smallest absolute Gasteiger partial charge is 0.422 e. The summed E-state index contributed by atoms with van der Waals surface area (Å²) in [7, 11) is 0. The number of aromatic amines is 1. The predicted molar refractivity (Wildman–Crippen MR) is 98.1 cm³/mol. The second-order valence-electron chi connectivity index (χ2n) is 6.86. The summed E-state index contributed by atoms with van der Waals surface area (Å²) in [6.07, 6.45) is -3.17. The van der Waals surface area contributed by atoms with Crippen LogP contribution in [0.25, 0.3) is 16.8 Å². The normalized spacial score (nSPS) is 17.3. The number of nitrogens with one attached hydrogen (secondary N) is 1. The van der Waals surface area contributed by atoms with Gasteiger partial charge in [0.15, 0.2) is 12.3 Å². The first-order valence-electron chi connectivity index (χ1n) is 9.13. The van der Waals surface area contributed by atoms with Crippen molar-refractivity contribution in [2.45, 2.75) is 31.5 Å². The van der Waals surface area contributed by atoms with Gasteiger partial charge in [-0.3, -0.25) is 4.98 Å². The van der Waals surface area contributed by atoms with Crippen LogP contribution in [0.1, 0.15) is 31.1 Å². The molecule has 0 amide bonds. The van der Waals surface area contributed by atoms with E-state index >= 15 is 0 Å². The first kappa shape index (κ1) is 21.5. The molecule has 0 spiro atoms. The third-order valence-electron chi connectivity index (χ3n) is 4.63. The van der Waals surface area contributed by atoms with Crippen molar-refractivity contribution in [3.63, 3.8) is 0 Å². The summed E-state index contributed by atoms with van der Waals surface area (Å²) in [6, 6.07) is 1.13. The number of nitrogens with zero attached hydrogens (tertiary/aromatic N) is 3. The van der Waals surface area contributed by atoms with E-state index < -0.39 is 47.2 Å². The molecule has 1 unspecified atom stereocenters. The van der Waals surface area contributed by atoms with Crippen molar-refractivity contribution in [2.24, 2.45) is 0 Å². The lowest BCUT2D eigenvalue weighted by Crippen LogP contribution is -2.24. The van der Waals surface area contributed by atoms with Gasteiger partial charge in [0.05, 0.1) is 5.56 Å². The van der Waals surface area contributed by atoms with Crippen LogP contribution in [0.4, 0.5) is 22.0 Å². The lowest BCUT2D eigenvalue weighted by Gasteiger charge is -2.21. The third kappa shape index (κ3) is 4.35. The molecule has 13 heteroatoms. The summed E-state index contributed by atoms with van der Waals surface area (Å²) in [5.41, 5.74) is -1.04. The topological polar surface area (TPSA) is 81.5 Å². The molecule has 1 fully saturated rings. The zero-order valence-electron chi connectivity index (χ0n) is 15.6. The maximum absolute atomic E-state index is 14.1. The number of hydrogen-bond donors (Lipinski definition) is 1. The van der Waals surface area contributed by atoms with Gasteiger partial charge in [0, 0.05) is 6.61 Å². The van der Waals surface area contributed by atoms with Gasteiger partial charge in [0.1, 0.15) is 28.5 Å². The highest BCUT2D eigenvalue weighted by Gasteiger charge is 2.31. The summed E-state index contributed by atoms with van der Waals surface area (Å²) in [5.74, 6) is -2.13. The van der Waals surface area contributed by atoms with E-state index in [1.807, 2.05) is 0 Å². The summed E-state index contributed by atoms with van der Waals surface area (Å²) in [4.78, 5) is 18.4. The van der Waals surface area contributed by atoms with E-state index in [2.05, 4.69) is 19.8 Å². The van der Waals surface area contributed by atoms with Gasteiger partial charge in [-0.2, -0.15) is 27.8 Å². The second kappa shape index (κ2) is 8.08. The molecule has 4 rings (SSSR count). The van der Waals surface area contributed by atoms with Gasteiger partial charge in [-0.15, -0.1) is 0 Å². The fraction of sp³-hybridized carbons (Fsp3) is 0.389. The van der Waals surface area contributed by atoms with Crippen molar-refractivity contribution >= 4 is 17.2 Å². The predicted octanol–water partition coefficient (Wildman–Crippen LogP) is 4.20. The van der Waals surface area contributed by atoms with Gasteiger partial charge in [-0.05, 0) is 37.0 Å². The molecule has 1 aliphatic rings. The number of H-pyrrole nitrogens is 1. The maximum atomic E-state index is 14.1. The zero-order chi connectivity index (χ0) is 22.3. The molecule has 1 aliphatic heterocycles. The first-order valence-corrected chi connectivity index (χ1v) is 9.51. The molecule has 1 saturated heterocycles. The van der Waals surface area contributed by atoms with Crippen LogP contribution in [0.3, 0.4) is 0 Å². The van der Waals surface area contributed by atoms with E-state index in [0.717, 1.165) is 29.5 Å². The maximum Gasteiger partial charge on any atom is 0.422 e. The van der Waals surface area contributed by atoms with Crippen molar-refractivity contribution < 1.29 is 31.4 Å². The summed E-state index contributed by atoms with van der Waals surface area (Å²) in [6.45, 7) is -1.29. The molecule has 0 aliphatic carbocycles. The van der Waals surface area contributed by atoms with Crippen molar-refractivity contribution in [3.8, 4) is 17.1 Å². The number of rotatable bonds is 4. The van der Waals surface area contributed by atoms with E-state index in [-0.39, 0.29) is 22.5 Å². The number of ether oxygens (including phenoxy) is 2. The molecular formula is C18H14ClF5N4O3. The summed E-state index contributed by atoms with van der Waals surface area (Å²) < 4.78 is 76.8. The fourth-order valence-electron chi connectivity index (χ4n) is 3.32. The van der Waals surface area contributed by atoms with E-state index in [0.29, 0.717) is 13.0 Å². The largest absolute Gasteiger partial charge is 0.455 e. The highest BCUT2D eigenvalue weighted by molar-refractivity contribution is 6.31. The van der Waals surface area contributed by atoms with Crippen LogP contribution < -0.4 is 10.4 Å². The van der Waals surface area contributed by atoms with Crippen molar-refractivity contribution in [2.75, 3.05) is 13.2 Å². The molecule has 3 aromatic rings. The highest BCUT2D eigenvalue weighted by Crippen LogP contribution is 2.38. The van der Waals surface area contributed by atoms with Gasteiger partial charge < -0.3 is 9.47 Å². The molecule has 3 heterocycles. The quantitative estimate of drug-likeness (QED) is 0.462. The Morgan fingerprint density at radius 1 is 1.26 bits per heavy atom. The fourth-order valence-corrected chi connectivity index (χ4v) is 3.43. The Kier molecular flexibility index (Phi) is 5.60. The van der Waals surface area contributed by atoms with E-state index in [9.17, 15) is 26.7 Å². The minimum atomic E-state index is -4.67. The van der Waals surface area contributed by atoms with Crippen LogP contribution in [0, 0.1) is 11.6 Å². The molecule has 0 radical (unpaired) electrons. The van der Waals surface area contributed by atoms with Crippen molar-refractivity contribution in [1.82, 2.24) is 19.6 Å². The van der Waals surface area contributed by atoms with E-state index in [1.165, 1.54) is 0 Å². The van der Waals surface area contributed by atoms with Gasteiger partial charge in [-0.1, -0.05) is 11.6 Å². The van der Waals surface area contributed by atoms with Crippen LogP contribution in [-0.2, 0) is 4.74 Å². The molecule has 0 saturated carbocycles. The van der Waals surface area contributed by atoms with Gasteiger partial charge in [0.25, 0.3) is 6.01 Å². The Labute approximate surface area is 175 Å². The molecular weight excluding hydrogens is 451 g/mol. The zero-order valence-corrected chi connectivity index (χ0v) is 16.4. The Morgan fingerprint density at radius 2 is 1.97 bits per heavy atom. The molecule has 2 aromatic heterocycles. The molecule has 1 N–H and O–H groups in total. The number of alkyl halides is 3. The Hall–Kier alpha value is -2.73. The SMILES string of the molecule is O=c1[nH]c(OCC(F)(F)F)nc2c(-c3cc(F)c(Cl)c(F)c3)c(C3CCCCO3)nn12. The minimum absolute atomic E-state index is 0.0318.